The van der Waals surface area contributed by atoms with E-state index in [0.29, 0.717) is 11.6 Å². The van der Waals surface area contributed by atoms with Crippen molar-refractivity contribution in [3.63, 3.8) is 0 Å². The van der Waals surface area contributed by atoms with Crippen LogP contribution in [0.5, 0.6) is 5.75 Å². The van der Waals surface area contributed by atoms with Crippen molar-refractivity contribution >= 4 is 29.0 Å². The monoisotopic (exact) mass is 375 g/mol. The van der Waals surface area contributed by atoms with Crippen LogP contribution in [-0.4, -0.2) is 34.8 Å². The molecule has 3 N–H and O–H groups in total. The molecule has 0 amide bonds. The van der Waals surface area contributed by atoms with Crippen molar-refractivity contribution in [2.24, 2.45) is 0 Å². The molecule has 1 fully saturated rings. The Kier molecular flexibility index (Phi) is 5.46. The third-order valence-electron chi connectivity index (χ3n) is 4.48. The highest BCUT2D eigenvalue weighted by Gasteiger charge is 2.23. The lowest BCUT2D eigenvalue weighted by atomic mass is 10.1. The van der Waals surface area contributed by atoms with Crippen molar-refractivity contribution in [1.82, 2.24) is 0 Å². The minimum atomic E-state index is -1.14. The summed E-state index contributed by atoms with van der Waals surface area (Å²) in [6, 6.07) is 8.35. The van der Waals surface area contributed by atoms with Gasteiger partial charge in [-0.05, 0) is 37.5 Å². The zero-order valence-electron chi connectivity index (χ0n) is 14.4. The summed E-state index contributed by atoms with van der Waals surface area (Å²) in [5.41, 5.74) is 2.54. The summed E-state index contributed by atoms with van der Waals surface area (Å²) in [5, 5.41) is 21.8. The molecular weight excluding hydrogens is 354 g/mol. The lowest BCUT2D eigenvalue weighted by Crippen LogP contribution is -2.14. The number of carbonyl (C=O) groups is 2. The molecule has 0 spiro atoms. The molecule has 1 heterocycles. The van der Waals surface area contributed by atoms with E-state index in [0.717, 1.165) is 27.5 Å². The Hall–Kier alpha value is -2.54. The topological polar surface area (TPSA) is 95.9 Å². The van der Waals surface area contributed by atoms with Gasteiger partial charge in [-0.2, -0.15) is 0 Å². The maximum Gasteiger partial charge on any atom is 0.349 e. The molecule has 0 radical (unpaired) electrons. The summed E-state index contributed by atoms with van der Waals surface area (Å²) in [7, 11) is 0. The van der Waals surface area contributed by atoms with Crippen LogP contribution in [0, 0.1) is 6.92 Å². The molecule has 1 aromatic heterocycles. The van der Waals surface area contributed by atoms with E-state index in [1.165, 1.54) is 25.7 Å². The number of thiophene rings is 1. The van der Waals surface area contributed by atoms with Crippen LogP contribution >= 0.6 is 11.3 Å². The number of nitrogens with one attached hydrogen (secondary N) is 1. The predicted octanol–water partition coefficient (Wildman–Crippen LogP) is 4.24. The second-order valence-corrected chi connectivity index (χ2v) is 7.43. The molecule has 1 saturated carbocycles. The zero-order valence-corrected chi connectivity index (χ0v) is 15.3. The number of hydrogen-bond donors (Lipinski definition) is 3. The van der Waals surface area contributed by atoms with E-state index < -0.39 is 18.5 Å². The molecule has 7 heteroatoms. The number of carboxylic acid groups (broad SMARTS) is 2. The Morgan fingerprint density at radius 2 is 2.00 bits per heavy atom. The van der Waals surface area contributed by atoms with Crippen molar-refractivity contribution in [2.75, 3.05) is 11.9 Å². The zero-order chi connectivity index (χ0) is 18.7. The Balaban J connectivity index is 1.91. The molecule has 1 aliphatic rings. The first-order valence-corrected chi connectivity index (χ1v) is 9.35. The van der Waals surface area contributed by atoms with Crippen LogP contribution in [0.25, 0.3) is 10.4 Å². The van der Waals surface area contributed by atoms with Crippen LogP contribution in [-0.2, 0) is 4.79 Å². The molecule has 1 aromatic carbocycles. The van der Waals surface area contributed by atoms with E-state index in [-0.39, 0.29) is 10.6 Å². The van der Waals surface area contributed by atoms with Crippen LogP contribution < -0.4 is 10.1 Å². The van der Waals surface area contributed by atoms with Crippen molar-refractivity contribution in [3.05, 3.63) is 34.7 Å². The molecule has 1 aliphatic carbocycles. The Morgan fingerprint density at radius 3 is 2.65 bits per heavy atom. The SMILES string of the molecule is Cc1c(-c2cccc(NC3CCCC3)c2)sc(C(=O)O)c1OCC(=O)O. The fraction of sp³-hybridized carbons (Fsp3) is 0.368. The van der Waals surface area contributed by atoms with Crippen LogP contribution in [0.1, 0.15) is 40.9 Å². The molecule has 0 saturated heterocycles. The number of rotatable bonds is 7. The molecule has 3 rings (SSSR count). The molecule has 26 heavy (non-hydrogen) atoms. The molecule has 0 aliphatic heterocycles. The summed E-state index contributed by atoms with van der Waals surface area (Å²) in [4.78, 5) is 23.1. The van der Waals surface area contributed by atoms with Gasteiger partial charge in [-0.25, -0.2) is 9.59 Å². The quantitative estimate of drug-likeness (QED) is 0.670. The molecule has 0 unspecified atom stereocenters. The standard InChI is InChI=1S/C19H21NO5S/c1-11-16(25-10-15(21)22)18(19(23)24)26-17(11)12-5-4-8-14(9-12)20-13-6-2-3-7-13/h4-5,8-9,13,20H,2-3,6-7,10H2,1H3,(H,21,22)(H,23,24). The largest absolute Gasteiger partial charge is 0.480 e. The van der Waals surface area contributed by atoms with Gasteiger partial charge in [0.1, 0.15) is 5.75 Å². The first-order valence-electron chi connectivity index (χ1n) is 8.54. The van der Waals surface area contributed by atoms with Crippen molar-refractivity contribution < 1.29 is 24.5 Å². The summed E-state index contributed by atoms with van der Waals surface area (Å²) >= 11 is 1.11. The number of ether oxygens (including phenoxy) is 1. The fourth-order valence-electron chi connectivity index (χ4n) is 3.28. The average molecular weight is 375 g/mol. The highest BCUT2D eigenvalue weighted by molar-refractivity contribution is 7.18. The van der Waals surface area contributed by atoms with Gasteiger partial charge in [0.15, 0.2) is 11.5 Å². The molecule has 0 bridgehead atoms. The number of aliphatic carboxylic acids is 1. The molecule has 2 aromatic rings. The summed E-state index contributed by atoms with van der Waals surface area (Å²) < 4.78 is 5.25. The number of hydrogen-bond acceptors (Lipinski definition) is 5. The van der Waals surface area contributed by atoms with E-state index in [2.05, 4.69) is 5.32 Å². The number of aromatic carboxylic acids is 1. The van der Waals surface area contributed by atoms with Gasteiger partial charge in [0.2, 0.25) is 0 Å². The van der Waals surface area contributed by atoms with Crippen molar-refractivity contribution in [2.45, 2.75) is 38.6 Å². The molecule has 0 atom stereocenters. The first-order chi connectivity index (χ1) is 12.5. The second kappa shape index (κ2) is 7.78. The van der Waals surface area contributed by atoms with Gasteiger partial charge in [0, 0.05) is 22.2 Å². The Bertz CT molecular complexity index is 823. The third-order valence-corrected chi connectivity index (χ3v) is 5.79. The van der Waals surface area contributed by atoms with Crippen LogP contribution in [0.15, 0.2) is 24.3 Å². The molecule has 138 valence electrons. The summed E-state index contributed by atoms with van der Waals surface area (Å²) in [6.07, 6.45) is 4.82. The van der Waals surface area contributed by atoms with Gasteiger partial charge < -0.3 is 20.3 Å². The maximum atomic E-state index is 11.5. The van der Waals surface area contributed by atoms with Gasteiger partial charge in [-0.3, -0.25) is 0 Å². The lowest BCUT2D eigenvalue weighted by Gasteiger charge is -2.14. The van der Waals surface area contributed by atoms with Crippen LogP contribution in [0.2, 0.25) is 0 Å². The first kappa shape index (κ1) is 18.3. The highest BCUT2D eigenvalue weighted by Crippen LogP contribution is 2.42. The van der Waals surface area contributed by atoms with Gasteiger partial charge in [-0.1, -0.05) is 25.0 Å². The number of carboxylic acids is 2. The van der Waals surface area contributed by atoms with Crippen molar-refractivity contribution in [1.29, 1.82) is 0 Å². The van der Waals surface area contributed by atoms with Crippen LogP contribution in [0.4, 0.5) is 5.69 Å². The molecule has 6 nitrogen and oxygen atoms in total. The normalized spacial score (nSPS) is 14.3. The maximum absolute atomic E-state index is 11.5. The minimum absolute atomic E-state index is 0.0212. The minimum Gasteiger partial charge on any atom is -0.480 e. The Morgan fingerprint density at radius 1 is 1.27 bits per heavy atom. The second-order valence-electron chi connectivity index (χ2n) is 6.41. The Labute approximate surface area is 155 Å². The number of anilines is 1. The summed E-state index contributed by atoms with van der Waals surface area (Å²) in [6.45, 7) is 1.19. The third kappa shape index (κ3) is 3.99. The van der Waals surface area contributed by atoms with E-state index in [1.807, 2.05) is 24.3 Å². The lowest BCUT2D eigenvalue weighted by molar-refractivity contribution is -0.139. The van der Waals surface area contributed by atoms with Gasteiger partial charge in [0.05, 0.1) is 0 Å². The predicted molar refractivity (Wildman–Crippen MR) is 100 cm³/mol. The number of benzene rings is 1. The fourth-order valence-corrected chi connectivity index (χ4v) is 4.37. The smallest absolute Gasteiger partial charge is 0.349 e. The van der Waals surface area contributed by atoms with E-state index in [9.17, 15) is 14.7 Å². The average Bonchev–Trinajstić information content (AvgIpc) is 3.21. The summed E-state index contributed by atoms with van der Waals surface area (Å²) in [5.74, 6) is -2.13. The van der Waals surface area contributed by atoms with E-state index in [1.54, 1.807) is 6.92 Å². The van der Waals surface area contributed by atoms with Gasteiger partial charge in [0.25, 0.3) is 0 Å². The molecular formula is C19H21NO5S. The highest BCUT2D eigenvalue weighted by atomic mass is 32.1. The van der Waals surface area contributed by atoms with Crippen LogP contribution in [0.3, 0.4) is 0 Å². The van der Waals surface area contributed by atoms with Gasteiger partial charge >= 0.3 is 11.9 Å². The van der Waals surface area contributed by atoms with E-state index in [4.69, 9.17) is 9.84 Å². The van der Waals surface area contributed by atoms with E-state index >= 15 is 0 Å². The van der Waals surface area contributed by atoms with Gasteiger partial charge in [-0.15, -0.1) is 11.3 Å². The van der Waals surface area contributed by atoms with Crippen molar-refractivity contribution in [3.8, 4) is 16.2 Å².